The summed E-state index contributed by atoms with van der Waals surface area (Å²) < 4.78 is 2.67. The summed E-state index contributed by atoms with van der Waals surface area (Å²) in [6, 6.07) is 19.4. The quantitative estimate of drug-likeness (QED) is 0.354. The summed E-state index contributed by atoms with van der Waals surface area (Å²) in [6.07, 6.45) is 0. The Hall–Kier alpha value is -4.34. The summed E-state index contributed by atoms with van der Waals surface area (Å²) >= 11 is 2.66. The molecule has 0 N–H and O–H groups in total. The Morgan fingerprint density at radius 1 is 0.633 bits per heavy atom. The summed E-state index contributed by atoms with van der Waals surface area (Å²) in [4.78, 5) is 8.88. The van der Waals surface area contributed by atoms with E-state index in [2.05, 4.69) is 22.1 Å². The van der Waals surface area contributed by atoms with Gasteiger partial charge in [-0.15, -0.1) is 22.7 Å². The molecule has 6 nitrogen and oxygen atoms in total. The Labute approximate surface area is 176 Å². The van der Waals surface area contributed by atoms with Crippen LogP contribution in [0.3, 0.4) is 0 Å². The molecule has 0 saturated heterocycles. The molecule has 0 spiro atoms. The lowest BCUT2D eigenvalue weighted by atomic mass is 10.0. The highest BCUT2D eigenvalue weighted by atomic mass is 32.1. The first kappa shape index (κ1) is 17.7. The number of aromatic nitrogens is 2. The molecule has 0 aliphatic heterocycles. The van der Waals surface area contributed by atoms with Gasteiger partial charge in [-0.3, -0.25) is 0 Å². The minimum absolute atomic E-state index is 0.00563. The van der Waals surface area contributed by atoms with Gasteiger partial charge >= 0.3 is 0 Å². The molecule has 0 aliphatic rings. The molecule has 2 heterocycles. The molecule has 30 heavy (non-hydrogen) atoms. The maximum atomic E-state index is 9.15. The summed E-state index contributed by atoms with van der Waals surface area (Å²) in [6.45, 7) is 0. The van der Waals surface area contributed by atoms with E-state index in [0.717, 1.165) is 42.0 Å². The number of benzene rings is 3. The van der Waals surface area contributed by atoms with Crippen LogP contribution in [0, 0.1) is 45.3 Å². The molecule has 0 saturated carbocycles. The number of nitriles is 4. The summed E-state index contributed by atoms with van der Waals surface area (Å²) in [5.41, 5.74) is 1.50. The predicted octanol–water partition coefficient (Wildman–Crippen LogP) is 3.61. The molecule has 2 aromatic heterocycles. The SMILES string of the molecule is N#CC(C#N)=c1nc2ccc3cc4c(ccc5nc(=C(C#N)C#N)sc54)cc3c2s1. The van der Waals surface area contributed by atoms with Gasteiger partial charge in [-0.25, -0.2) is 9.97 Å². The van der Waals surface area contributed by atoms with Crippen molar-refractivity contribution in [3.63, 3.8) is 0 Å². The van der Waals surface area contributed by atoms with Gasteiger partial charge in [-0.2, -0.15) is 21.0 Å². The molecule has 0 atom stereocenters. The van der Waals surface area contributed by atoms with E-state index in [4.69, 9.17) is 21.0 Å². The number of fused-ring (bicyclic) bond motifs is 6. The van der Waals surface area contributed by atoms with E-state index in [9.17, 15) is 0 Å². The van der Waals surface area contributed by atoms with Crippen LogP contribution in [0.5, 0.6) is 0 Å². The fourth-order valence-corrected chi connectivity index (χ4v) is 5.44. The minimum Gasteiger partial charge on any atom is -0.234 e. The van der Waals surface area contributed by atoms with Gasteiger partial charge in [-0.05, 0) is 35.0 Å². The zero-order chi connectivity index (χ0) is 20.8. The molecular weight excluding hydrogens is 412 g/mol. The van der Waals surface area contributed by atoms with Crippen molar-refractivity contribution in [1.29, 1.82) is 21.0 Å². The van der Waals surface area contributed by atoms with Crippen LogP contribution < -0.4 is 9.33 Å². The van der Waals surface area contributed by atoms with E-state index < -0.39 is 0 Å². The molecular formula is C22H6N6S2. The number of hydrogen-bond donors (Lipinski definition) is 0. The van der Waals surface area contributed by atoms with Gasteiger partial charge in [0.25, 0.3) is 0 Å². The number of nitrogens with zero attached hydrogens (tertiary/aromatic N) is 6. The van der Waals surface area contributed by atoms with Gasteiger partial charge in [0.15, 0.2) is 11.1 Å². The van der Waals surface area contributed by atoms with Crippen LogP contribution >= 0.6 is 22.7 Å². The van der Waals surface area contributed by atoms with E-state index in [-0.39, 0.29) is 11.1 Å². The molecule has 8 heteroatoms. The van der Waals surface area contributed by atoms with Crippen molar-refractivity contribution in [3.05, 3.63) is 45.7 Å². The lowest BCUT2D eigenvalue weighted by Crippen LogP contribution is -2.00. The maximum Gasteiger partial charge on any atom is 0.165 e. The largest absolute Gasteiger partial charge is 0.234 e. The van der Waals surface area contributed by atoms with Crippen molar-refractivity contribution in [3.8, 4) is 24.3 Å². The van der Waals surface area contributed by atoms with Crippen LogP contribution in [0.25, 0.3) is 53.1 Å². The van der Waals surface area contributed by atoms with E-state index >= 15 is 0 Å². The van der Waals surface area contributed by atoms with E-state index in [1.807, 2.05) is 48.5 Å². The Balaban J connectivity index is 1.90. The van der Waals surface area contributed by atoms with Crippen LogP contribution in [0.15, 0.2) is 36.4 Å². The van der Waals surface area contributed by atoms with Crippen molar-refractivity contribution in [1.82, 2.24) is 9.97 Å². The highest BCUT2D eigenvalue weighted by Crippen LogP contribution is 2.34. The smallest absolute Gasteiger partial charge is 0.165 e. The molecule has 5 aromatic rings. The van der Waals surface area contributed by atoms with Crippen LogP contribution in [0.4, 0.5) is 0 Å². The Bertz CT molecular complexity index is 1680. The van der Waals surface area contributed by atoms with Gasteiger partial charge < -0.3 is 0 Å². The summed E-state index contributed by atoms with van der Waals surface area (Å²) in [5, 5.41) is 40.6. The van der Waals surface area contributed by atoms with Gasteiger partial charge in [-0.1, -0.05) is 12.1 Å². The third-order valence-electron chi connectivity index (χ3n) is 4.73. The topological polar surface area (TPSA) is 121 Å². The number of hydrogen-bond acceptors (Lipinski definition) is 8. The van der Waals surface area contributed by atoms with Crippen LogP contribution in [-0.2, 0) is 0 Å². The molecule has 0 bridgehead atoms. The molecule has 0 fully saturated rings. The van der Waals surface area contributed by atoms with E-state index in [1.165, 1.54) is 22.7 Å². The Morgan fingerprint density at radius 3 is 1.40 bits per heavy atom. The second-order valence-corrected chi connectivity index (χ2v) is 8.36. The molecule has 3 aromatic carbocycles. The average Bonchev–Trinajstić information content (AvgIpc) is 3.39. The zero-order valence-electron chi connectivity index (χ0n) is 15.0. The van der Waals surface area contributed by atoms with Crippen molar-refractivity contribution < 1.29 is 0 Å². The van der Waals surface area contributed by atoms with Crippen molar-refractivity contribution in [2.24, 2.45) is 0 Å². The van der Waals surface area contributed by atoms with Crippen molar-refractivity contribution in [2.75, 3.05) is 0 Å². The van der Waals surface area contributed by atoms with E-state index in [0.29, 0.717) is 9.33 Å². The first-order valence-electron chi connectivity index (χ1n) is 8.58. The van der Waals surface area contributed by atoms with Gasteiger partial charge in [0, 0.05) is 10.8 Å². The molecule has 0 amide bonds. The van der Waals surface area contributed by atoms with Crippen LogP contribution in [-0.4, -0.2) is 9.97 Å². The molecule has 136 valence electrons. The third kappa shape index (κ3) is 2.50. The van der Waals surface area contributed by atoms with Crippen molar-refractivity contribution >= 4 is 75.8 Å². The van der Waals surface area contributed by atoms with E-state index in [1.54, 1.807) is 0 Å². The van der Waals surface area contributed by atoms with Gasteiger partial charge in [0.05, 0.1) is 20.4 Å². The maximum absolute atomic E-state index is 9.15. The number of rotatable bonds is 0. The summed E-state index contributed by atoms with van der Waals surface area (Å²) in [5.74, 6) is 0. The molecule has 0 unspecified atom stereocenters. The summed E-state index contributed by atoms with van der Waals surface area (Å²) in [7, 11) is 0. The Kier molecular flexibility index (Phi) is 3.91. The van der Waals surface area contributed by atoms with Gasteiger partial charge in [0.2, 0.25) is 0 Å². The molecule has 0 radical (unpaired) electrons. The monoisotopic (exact) mass is 418 g/mol. The highest BCUT2D eigenvalue weighted by molar-refractivity contribution is 7.18. The van der Waals surface area contributed by atoms with Crippen LogP contribution in [0.2, 0.25) is 0 Å². The Morgan fingerprint density at radius 2 is 1.03 bits per heavy atom. The van der Waals surface area contributed by atoms with Gasteiger partial charge in [0.1, 0.15) is 33.6 Å². The standard InChI is InChI=1S/C22H6N6S2/c23-7-13(8-24)21-27-17-3-1-11-5-16-12(6-15(11)19(17)29-21)2-4-18-20(16)30-22(28-18)14(9-25)10-26/h1-6H. The van der Waals surface area contributed by atoms with Crippen molar-refractivity contribution in [2.45, 2.75) is 0 Å². The lowest BCUT2D eigenvalue weighted by molar-refractivity contribution is 1.40. The zero-order valence-corrected chi connectivity index (χ0v) is 16.6. The first-order chi connectivity index (χ1) is 14.7. The average molecular weight is 418 g/mol. The second-order valence-electron chi connectivity index (χ2n) is 6.36. The minimum atomic E-state index is 0.00563. The normalized spacial score (nSPS) is 10.5. The lowest BCUT2D eigenvalue weighted by Gasteiger charge is -2.04. The first-order valence-corrected chi connectivity index (χ1v) is 10.2. The molecule has 5 rings (SSSR count). The highest BCUT2D eigenvalue weighted by Gasteiger charge is 2.12. The third-order valence-corrected chi connectivity index (χ3v) is 6.98. The van der Waals surface area contributed by atoms with Crippen LogP contribution in [0.1, 0.15) is 0 Å². The fraction of sp³-hybridized carbons (Fsp3) is 0. The predicted molar refractivity (Wildman–Crippen MR) is 116 cm³/mol. The second kappa shape index (κ2) is 6.62. The fourth-order valence-electron chi connectivity index (χ4n) is 3.37. The molecule has 0 aliphatic carbocycles. The number of thiazole rings is 2.